The van der Waals surface area contributed by atoms with Gasteiger partial charge in [0, 0.05) is 0 Å². The van der Waals surface area contributed by atoms with Gasteiger partial charge in [-0.1, -0.05) is 24.3 Å². The molecule has 0 amide bonds. The van der Waals surface area contributed by atoms with Gasteiger partial charge in [0.2, 0.25) is 0 Å². The molecule has 2 aromatic carbocycles. The highest BCUT2D eigenvalue weighted by Crippen LogP contribution is 2.27. The predicted octanol–water partition coefficient (Wildman–Crippen LogP) is 4.69. The third kappa shape index (κ3) is 5.00. The van der Waals surface area contributed by atoms with Gasteiger partial charge in [-0.15, -0.1) is 0 Å². The van der Waals surface area contributed by atoms with Crippen LogP contribution in [0.15, 0.2) is 48.5 Å². The Morgan fingerprint density at radius 3 is 2.30 bits per heavy atom. The topological polar surface area (TPSA) is 42.2 Å². The Morgan fingerprint density at radius 2 is 1.70 bits per heavy atom. The van der Waals surface area contributed by atoms with Gasteiger partial charge in [-0.05, 0) is 49.6 Å². The van der Waals surface area contributed by atoms with E-state index in [4.69, 9.17) is 9.47 Å². The summed E-state index contributed by atoms with van der Waals surface area (Å²) in [6, 6.07) is 15.9. The van der Waals surface area contributed by atoms with Gasteiger partial charge in [0.05, 0.1) is 25.2 Å². The molecule has 1 atom stereocenters. The summed E-state index contributed by atoms with van der Waals surface area (Å²) < 4.78 is 24.2. The smallest absolute Gasteiger partial charge is 0.161 e. The second-order valence-corrected chi connectivity index (χ2v) is 5.10. The van der Waals surface area contributed by atoms with E-state index in [1.807, 2.05) is 31.2 Å². The van der Waals surface area contributed by atoms with Gasteiger partial charge >= 0.3 is 0 Å². The first-order chi connectivity index (χ1) is 11.2. The summed E-state index contributed by atoms with van der Waals surface area (Å²) in [6.45, 7) is 3.02. The van der Waals surface area contributed by atoms with Crippen molar-refractivity contribution in [2.75, 3.05) is 13.2 Å². The largest absolute Gasteiger partial charge is 0.490 e. The highest BCUT2D eigenvalue weighted by atomic mass is 19.1. The average molecular weight is 313 g/mol. The predicted molar refractivity (Wildman–Crippen MR) is 87.1 cm³/mol. The maximum absolute atomic E-state index is 12.9. The lowest BCUT2D eigenvalue weighted by Crippen LogP contribution is -2.03. The molecule has 0 aliphatic rings. The minimum Gasteiger partial charge on any atom is -0.490 e. The van der Waals surface area contributed by atoms with Gasteiger partial charge in [-0.3, -0.25) is 0 Å². The number of halogens is 1. The summed E-state index contributed by atoms with van der Waals surface area (Å²) in [5.41, 5.74) is 0.837. The fourth-order valence-electron chi connectivity index (χ4n) is 2.31. The van der Waals surface area contributed by atoms with Crippen LogP contribution in [0.2, 0.25) is 0 Å². The van der Waals surface area contributed by atoms with Crippen LogP contribution in [0.4, 0.5) is 4.39 Å². The van der Waals surface area contributed by atoms with Crippen LogP contribution in [0, 0.1) is 17.1 Å². The van der Waals surface area contributed by atoms with Crippen molar-refractivity contribution in [2.24, 2.45) is 0 Å². The Labute approximate surface area is 136 Å². The molecule has 0 heterocycles. The van der Waals surface area contributed by atoms with E-state index in [-0.39, 0.29) is 11.7 Å². The first-order valence-electron chi connectivity index (χ1n) is 7.74. The number of nitrogens with zero attached hydrogens (tertiary/aromatic N) is 1. The number of hydrogen-bond donors (Lipinski definition) is 0. The molecular formula is C19H20FNO2. The van der Waals surface area contributed by atoms with E-state index in [0.717, 1.165) is 17.7 Å². The monoisotopic (exact) mass is 313 g/mol. The quantitative estimate of drug-likeness (QED) is 0.664. The first kappa shape index (κ1) is 16.8. The number of benzene rings is 2. The van der Waals surface area contributed by atoms with E-state index in [1.165, 1.54) is 12.1 Å². The number of nitriles is 1. The Morgan fingerprint density at radius 1 is 1.04 bits per heavy atom. The lowest BCUT2D eigenvalue weighted by molar-refractivity contribution is 0.270. The Bertz CT molecular complexity index is 649. The zero-order chi connectivity index (χ0) is 16.5. The maximum atomic E-state index is 12.9. The van der Waals surface area contributed by atoms with Crippen LogP contribution in [0.3, 0.4) is 0 Å². The summed E-state index contributed by atoms with van der Waals surface area (Å²) in [5.74, 6) is 0.901. The summed E-state index contributed by atoms with van der Waals surface area (Å²) in [4.78, 5) is 0. The van der Waals surface area contributed by atoms with Crippen LogP contribution in [-0.4, -0.2) is 13.2 Å². The molecule has 0 spiro atoms. The van der Waals surface area contributed by atoms with E-state index in [2.05, 4.69) is 6.07 Å². The van der Waals surface area contributed by atoms with Crippen LogP contribution >= 0.6 is 0 Å². The minimum atomic E-state index is -0.290. The normalized spacial score (nSPS) is 11.5. The Balaban J connectivity index is 1.85. The zero-order valence-corrected chi connectivity index (χ0v) is 13.2. The summed E-state index contributed by atoms with van der Waals surface area (Å²) >= 11 is 0. The van der Waals surface area contributed by atoms with Gasteiger partial charge in [-0.2, -0.15) is 5.26 Å². The molecule has 23 heavy (non-hydrogen) atoms. The van der Waals surface area contributed by atoms with Crippen molar-refractivity contribution in [1.82, 2.24) is 0 Å². The third-order valence-corrected chi connectivity index (χ3v) is 3.47. The molecule has 2 rings (SSSR count). The molecule has 0 fully saturated rings. The molecule has 120 valence electrons. The van der Waals surface area contributed by atoms with Crippen LogP contribution < -0.4 is 9.47 Å². The van der Waals surface area contributed by atoms with Gasteiger partial charge < -0.3 is 9.47 Å². The van der Waals surface area contributed by atoms with E-state index in [9.17, 15) is 9.65 Å². The molecule has 1 unspecified atom stereocenters. The molecule has 4 heteroatoms. The van der Waals surface area contributed by atoms with Gasteiger partial charge in [0.1, 0.15) is 5.82 Å². The second-order valence-electron chi connectivity index (χ2n) is 5.10. The first-order valence-corrected chi connectivity index (χ1v) is 7.74. The molecule has 0 saturated carbocycles. The van der Waals surface area contributed by atoms with Crippen molar-refractivity contribution in [2.45, 2.75) is 25.7 Å². The summed E-state index contributed by atoms with van der Waals surface area (Å²) in [6.07, 6.45) is 1.40. The van der Waals surface area contributed by atoms with Crippen molar-refractivity contribution in [3.63, 3.8) is 0 Å². The highest BCUT2D eigenvalue weighted by molar-refractivity contribution is 5.39. The van der Waals surface area contributed by atoms with Gasteiger partial charge in [-0.25, -0.2) is 4.39 Å². The molecule has 0 N–H and O–H groups in total. The van der Waals surface area contributed by atoms with Crippen LogP contribution in [-0.2, 0) is 0 Å². The minimum absolute atomic E-state index is 0.249. The van der Waals surface area contributed by atoms with E-state index < -0.39 is 0 Å². The number of para-hydroxylation sites is 2. The van der Waals surface area contributed by atoms with Crippen molar-refractivity contribution in [1.29, 1.82) is 5.26 Å². The number of ether oxygens (including phenoxy) is 2. The SMILES string of the molecule is CCOc1ccccc1OCCCC(C#N)c1ccc(F)cc1. The van der Waals surface area contributed by atoms with Crippen molar-refractivity contribution >= 4 is 0 Å². The molecule has 0 saturated heterocycles. The van der Waals surface area contributed by atoms with E-state index >= 15 is 0 Å². The molecule has 0 aliphatic heterocycles. The summed E-state index contributed by atoms with van der Waals surface area (Å²) in [5, 5.41) is 9.27. The third-order valence-electron chi connectivity index (χ3n) is 3.47. The number of rotatable bonds is 8. The van der Waals surface area contributed by atoms with Crippen LogP contribution in [0.5, 0.6) is 11.5 Å². The van der Waals surface area contributed by atoms with Crippen molar-refractivity contribution in [3.05, 3.63) is 59.9 Å². The highest BCUT2D eigenvalue weighted by Gasteiger charge is 2.11. The molecule has 2 aromatic rings. The number of hydrogen-bond acceptors (Lipinski definition) is 3. The standard InChI is InChI=1S/C19H20FNO2/c1-2-22-18-7-3-4-8-19(18)23-13-5-6-16(14-21)15-9-11-17(20)12-10-15/h3-4,7-12,16H,2,5-6,13H2,1H3. The second kappa shape index (κ2) is 8.79. The molecular weight excluding hydrogens is 293 g/mol. The Hall–Kier alpha value is -2.54. The molecule has 3 nitrogen and oxygen atoms in total. The maximum Gasteiger partial charge on any atom is 0.161 e. The van der Waals surface area contributed by atoms with E-state index in [0.29, 0.717) is 25.4 Å². The fraction of sp³-hybridized carbons (Fsp3) is 0.316. The molecule has 0 aromatic heterocycles. The molecule has 0 aliphatic carbocycles. The van der Waals surface area contributed by atoms with Crippen LogP contribution in [0.25, 0.3) is 0 Å². The lowest BCUT2D eigenvalue weighted by Gasteiger charge is -2.13. The van der Waals surface area contributed by atoms with Gasteiger partial charge in [0.15, 0.2) is 11.5 Å². The van der Waals surface area contributed by atoms with Crippen molar-refractivity contribution < 1.29 is 13.9 Å². The molecule has 0 radical (unpaired) electrons. The average Bonchev–Trinajstić information content (AvgIpc) is 2.58. The van der Waals surface area contributed by atoms with E-state index in [1.54, 1.807) is 12.1 Å². The van der Waals surface area contributed by atoms with Crippen LogP contribution in [0.1, 0.15) is 31.2 Å². The van der Waals surface area contributed by atoms with Gasteiger partial charge in [0.25, 0.3) is 0 Å². The Kier molecular flexibility index (Phi) is 6.43. The lowest BCUT2D eigenvalue weighted by atomic mass is 9.96. The van der Waals surface area contributed by atoms with Crippen molar-refractivity contribution in [3.8, 4) is 17.6 Å². The summed E-state index contributed by atoms with van der Waals surface area (Å²) in [7, 11) is 0. The zero-order valence-electron chi connectivity index (χ0n) is 13.2. The molecule has 0 bridgehead atoms. The fourth-order valence-corrected chi connectivity index (χ4v) is 2.31.